The largest absolute Gasteiger partial charge is 0.374 e. The quantitative estimate of drug-likeness (QED) is 0.320. The van der Waals surface area contributed by atoms with Crippen molar-refractivity contribution in [3.8, 4) is 0 Å². The normalized spacial score (nSPS) is 22.1. The molecule has 0 spiro atoms. The lowest BCUT2D eigenvalue weighted by molar-refractivity contribution is -0.0284. The summed E-state index contributed by atoms with van der Waals surface area (Å²) in [6.45, 7) is 14.7. The van der Waals surface area contributed by atoms with Crippen LogP contribution in [0, 0.1) is 5.92 Å². The Labute approximate surface area is 197 Å². The van der Waals surface area contributed by atoms with Gasteiger partial charge in [-0.2, -0.15) is 0 Å². The Balaban J connectivity index is 0.00000300. The summed E-state index contributed by atoms with van der Waals surface area (Å²) in [5, 5.41) is 9.17. The van der Waals surface area contributed by atoms with Gasteiger partial charge >= 0.3 is 0 Å². The van der Waals surface area contributed by atoms with Crippen LogP contribution < -0.4 is 10.6 Å². The third kappa shape index (κ3) is 7.65. The molecule has 1 aromatic rings. The van der Waals surface area contributed by atoms with Crippen molar-refractivity contribution in [1.29, 1.82) is 0 Å². The number of nitrogens with zero attached hydrogens (tertiary/aromatic N) is 3. The molecule has 1 saturated heterocycles. The highest BCUT2D eigenvalue weighted by Gasteiger charge is 2.23. The Morgan fingerprint density at radius 2 is 2.14 bits per heavy atom. The van der Waals surface area contributed by atoms with Crippen molar-refractivity contribution in [2.24, 2.45) is 10.9 Å². The molecule has 0 saturated carbocycles. The van der Waals surface area contributed by atoms with Crippen molar-refractivity contribution in [2.45, 2.75) is 45.9 Å². The van der Waals surface area contributed by atoms with Crippen molar-refractivity contribution < 1.29 is 4.74 Å². The first-order valence-electron chi connectivity index (χ1n) is 10.6. The van der Waals surface area contributed by atoms with Gasteiger partial charge in [-0.3, -0.25) is 14.8 Å². The van der Waals surface area contributed by atoms with E-state index in [1.807, 2.05) is 18.4 Å². The van der Waals surface area contributed by atoms with Crippen molar-refractivity contribution >= 4 is 41.3 Å². The molecule has 1 aromatic heterocycles. The number of aliphatic imine (C=N–C) groups is 1. The maximum Gasteiger partial charge on any atom is 0.191 e. The average Bonchev–Trinajstić information content (AvgIpc) is 3.15. The second-order valence-corrected chi connectivity index (χ2v) is 9.42. The molecule has 0 bridgehead atoms. The highest BCUT2D eigenvalue weighted by Crippen LogP contribution is 2.24. The molecule has 2 unspecified atom stereocenters. The number of halogens is 1. The van der Waals surface area contributed by atoms with E-state index in [1.54, 1.807) is 4.88 Å². The van der Waals surface area contributed by atoms with Gasteiger partial charge in [0.1, 0.15) is 0 Å². The fourth-order valence-corrected chi connectivity index (χ4v) is 4.93. The molecule has 0 aliphatic carbocycles. The number of morpholine rings is 1. The van der Waals surface area contributed by atoms with E-state index in [9.17, 15) is 0 Å². The minimum Gasteiger partial charge on any atom is -0.374 e. The summed E-state index contributed by atoms with van der Waals surface area (Å²) in [6.07, 6.45) is 1.40. The van der Waals surface area contributed by atoms with Gasteiger partial charge in [0.05, 0.1) is 12.7 Å². The molecule has 8 heteroatoms. The fraction of sp³-hybridized carbons (Fsp3) is 0.762. The zero-order valence-electron chi connectivity index (χ0n) is 18.3. The van der Waals surface area contributed by atoms with Crippen molar-refractivity contribution in [1.82, 2.24) is 20.4 Å². The lowest BCUT2D eigenvalue weighted by Crippen LogP contribution is -2.51. The van der Waals surface area contributed by atoms with Crippen LogP contribution in [0.4, 0.5) is 0 Å². The molecule has 3 rings (SSSR count). The van der Waals surface area contributed by atoms with Gasteiger partial charge in [0.25, 0.3) is 0 Å². The molecule has 2 aliphatic rings. The van der Waals surface area contributed by atoms with Gasteiger partial charge < -0.3 is 15.4 Å². The first-order chi connectivity index (χ1) is 13.5. The molecule has 29 heavy (non-hydrogen) atoms. The highest BCUT2D eigenvalue weighted by atomic mass is 127. The van der Waals surface area contributed by atoms with E-state index in [4.69, 9.17) is 4.74 Å². The van der Waals surface area contributed by atoms with Gasteiger partial charge in [-0.15, -0.1) is 35.3 Å². The highest BCUT2D eigenvalue weighted by molar-refractivity contribution is 14.0. The smallest absolute Gasteiger partial charge is 0.191 e. The van der Waals surface area contributed by atoms with Gasteiger partial charge in [0.2, 0.25) is 0 Å². The Bertz CT molecular complexity index is 638. The summed E-state index contributed by atoms with van der Waals surface area (Å²) in [6, 6.07) is 2.75. The molecule has 0 radical (unpaired) electrons. The monoisotopic (exact) mass is 535 g/mol. The summed E-state index contributed by atoms with van der Waals surface area (Å²) in [4.78, 5) is 11.0. The molecule has 2 aliphatic heterocycles. The topological polar surface area (TPSA) is 52.1 Å². The number of hydrogen-bond acceptors (Lipinski definition) is 5. The summed E-state index contributed by atoms with van der Waals surface area (Å²) in [5.41, 5.74) is 1.51. The zero-order chi connectivity index (χ0) is 19.9. The molecule has 2 N–H and O–H groups in total. The lowest BCUT2D eigenvalue weighted by atomic mass is 10.1. The van der Waals surface area contributed by atoms with E-state index in [-0.39, 0.29) is 30.1 Å². The maximum atomic E-state index is 5.94. The van der Waals surface area contributed by atoms with Crippen LogP contribution >= 0.6 is 35.3 Å². The molecule has 3 heterocycles. The lowest BCUT2D eigenvalue weighted by Gasteiger charge is -2.34. The third-order valence-corrected chi connectivity index (χ3v) is 6.62. The number of nitrogens with one attached hydrogen (secondary N) is 2. The fourth-order valence-electron chi connectivity index (χ4n) is 4.04. The number of guanidine groups is 1. The van der Waals surface area contributed by atoms with Crippen LogP contribution in [0.15, 0.2) is 16.4 Å². The van der Waals surface area contributed by atoms with Gasteiger partial charge in [-0.05, 0) is 36.3 Å². The molecule has 0 amide bonds. The van der Waals surface area contributed by atoms with Crippen LogP contribution in [0.1, 0.15) is 31.2 Å². The van der Waals surface area contributed by atoms with E-state index in [1.165, 1.54) is 12.0 Å². The second-order valence-electron chi connectivity index (χ2n) is 8.42. The molecule has 2 atom stereocenters. The average molecular weight is 536 g/mol. The molecule has 6 nitrogen and oxygen atoms in total. The third-order valence-electron chi connectivity index (χ3n) is 5.59. The molecule has 1 fully saturated rings. The number of thiophene rings is 1. The van der Waals surface area contributed by atoms with E-state index >= 15 is 0 Å². The first kappa shape index (κ1) is 24.8. The van der Waals surface area contributed by atoms with Crippen molar-refractivity contribution in [2.75, 3.05) is 52.9 Å². The number of rotatable bonds is 7. The van der Waals surface area contributed by atoms with Gasteiger partial charge in [-0.1, -0.05) is 13.8 Å². The Morgan fingerprint density at radius 1 is 1.31 bits per heavy atom. The standard InChI is InChI=1S/C21H37N5OS.HI/c1-16(2)13-25-8-9-27-19(15-25)12-24-21(22-4)23-11-17(3)26-7-5-20-18(14-26)6-10-28-20;/h6,10,16-17,19H,5,7-9,11-15H2,1-4H3,(H2,22,23,24);1H. The van der Waals surface area contributed by atoms with Crippen LogP contribution in [-0.2, 0) is 17.7 Å². The molecule has 0 aromatic carbocycles. The predicted octanol–water partition coefficient (Wildman–Crippen LogP) is 2.63. The number of fused-ring (bicyclic) bond motifs is 1. The zero-order valence-corrected chi connectivity index (χ0v) is 21.5. The Morgan fingerprint density at radius 3 is 2.90 bits per heavy atom. The van der Waals surface area contributed by atoms with Crippen LogP contribution in [0.2, 0.25) is 0 Å². The first-order valence-corrected chi connectivity index (χ1v) is 11.5. The van der Waals surface area contributed by atoms with E-state index in [2.05, 4.69) is 57.6 Å². The van der Waals surface area contributed by atoms with Crippen LogP contribution in [0.5, 0.6) is 0 Å². The molecular formula is C21H38IN5OS. The van der Waals surface area contributed by atoms with Crippen LogP contribution in [-0.4, -0.2) is 80.8 Å². The minimum absolute atomic E-state index is 0. The van der Waals surface area contributed by atoms with Gasteiger partial charge in [-0.25, -0.2) is 0 Å². The number of ether oxygens (including phenoxy) is 1. The number of hydrogen-bond donors (Lipinski definition) is 2. The Kier molecular flexibility index (Phi) is 10.7. The van der Waals surface area contributed by atoms with Gasteiger partial charge in [0, 0.05) is 63.8 Å². The summed E-state index contributed by atoms with van der Waals surface area (Å²) in [7, 11) is 1.84. The maximum absolute atomic E-state index is 5.94. The van der Waals surface area contributed by atoms with E-state index < -0.39 is 0 Å². The summed E-state index contributed by atoms with van der Waals surface area (Å²) >= 11 is 1.90. The minimum atomic E-state index is 0. The predicted molar refractivity (Wildman–Crippen MR) is 134 cm³/mol. The van der Waals surface area contributed by atoms with Crippen molar-refractivity contribution in [3.05, 3.63) is 21.9 Å². The van der Waals surface area contributed by atoms with E-state index in [0.717, 1.165) is 58.4 Å². The van der Waals surface area contributed by atoms with Crippen molar-refractivity contribution in [3.63, 3.8) is 0 Å². The van der Waals surface area contributed by atoms with E-state index in [0.29, 0.717) is 12.0 Å². The van der Waals surface area contributed by atoms with Gasteiger partial charge in [0.15, 0.2) is 5.96 Å². The SMILES string of the molecule is CN=C(NCC1CN(CC(C)C)CCO1)NCC(C)N1CCc2sccc2C1.I. The summed E-state index contributed by atoms with van der Waals surface area (Å²) < 4.78 is 5.94. The van der Waals surface area contributed by atoms with Crippen LogP contribution in [0.3, 0.4) is 0 Å². The Hall–Kier alpha value is -0.420. The summed E-state index contributed by atoms with van der Waals surface area (Å²) in [5.74, 6) is 1.56. The second kappa shape index (κ2) is 12.4. The van der Waals surface area contributed by atoms with Crippen LogP contribution in [0.25, 0.3) is 0 Å². The molecule has 166 valence electrons. The molecular weight excluding hydrogens is 497 g/mol.